The van der Waals surface area contributed by atoms with Crippen LogP contribution in [0.3, 0.4) is 0 Å². The molecule has 0 aromatic rings. The van der Waals surface area contributed by atoms with Crippen LogP contribution in [0.15, 0.2) is 0 Å². The molecule has 3 nitrogen and oxygen atoms in total. The van der Waals surface area contributed by atoms with E-state index in [4.69, 9.17) is 4.31 Å². The van der Waals surface area contributed by atoms with E-state index in [-0.39, 0.29) is 0 Å². The van der Waals surface area contributed by atoms with Gasteiger partial charge in [0.25, 0.3) is 0 Å². The van der Waals surface area contributed by atoms with E-state index < -0.39 is 14.4 Å². The van der Waals surface area contributed by atoms with Crippen LogP contribution in [0.25, 0.3) is 0 Å². The van der Waals surface area contributed by atoms with E-state index in [2.05, 4.69) is 34.6 Å². The van der Waals surface area contributed by atoms with Crippen LogP contribution in [0.5, 0.6) is 0 Å². The quantitative estimate of drug-likeness (QED) is 0.139. The first-order chi connectivity index (χ1) is 13.8. The zero-order valence-electron chi connectivity index (χ0n) is 20.6. The molecule has 0 radical (unpaired) electrons. The van der Waals surface area contributed by atoms with Gasteiger partial charge in [-0.05, 0) is 0 Å². The van der Waals surface area contributed by atoms with Gasteiger partial charge in [-0.25, -0.2) is 0 Å². The zero-order valence-corrected chi connectivity index (χ0v) is 22.4. The van der Waals surface area contributed by atoms with Crippen molar-refractivity contribution in [2.45, 2.75) is 125 Å². The Balaban J connectivity index is 5.49. The fourth-order valence-corrected chi connectivity index (χ4v) is 15.5. The molecule has 0 aromatic heterocycles. The second kappa shape index (κ2) is 16.2. The summed E-state index contributed by atoms with van der Waals surface area (Å²) in [7, 11) is -3.54. The van der Waals surface area contributed by atoms with Crippen molar-refractivity contribution in [3.63, 3.8) is 0 Å². The third kappa shape index (κ3) is 12.3. The molecule has 0 aromatic carbocycles. The molecule has 0 rings (SSSR count). The Morgan fingerprint density at radius 3 is 1.31 bits per heavy atom. The van der Waals surface area contributed by atoms with E-state index >= 15 is 0 Å². The van der Waals surface area contributed by atoms with Crippen LogP contribution in [0.4, 0.5) is 0 Å². The van der Waals surface area contributed by atoms with Gasteiger partial charge in [0, 0.05) is 0 Å². The SMILES string of the molecule is CCCCCCCCP(=O)(O)OP(CCCC)(CCCC)(CCCC)CCCC. The summed E-state index contributed by atoms with van der Waals surface area (Å²) in [6.45, 7) is 8.51. The average molecular weight is 453 g/mol. The van der Waals surface area contributed by atoms with Gasteiger partial charge in [-0.2, -0.15) is 0 Å². The Hall–Kier alpha value is 0.580. The van der Waals surface area contributed by atoms with Crippen molar-refractivity contribution in [3.05, 3.63) is 0 Å². The molecule has 0 aliphatic rings. The van der Waals surface area contributed by atoms with E-state index in [1.165, 1.54) is 25.7 Å². The van der Waals surface area contributed by atoms with Gasteiger partial charge < -0.3 is 0 Å². The summed E-state index contributed by atoms with van der Waals surface area (Å²) in [5.74, 6) is 0. The maximum absolute atomic E-state index is 13.3. The van der Waals surface area contributed by atoms with Crippen molar-refractivity contribution in [2.24, 2.45) is 0 Å². The predicted molar refractivity (Wildman–Crippen MR) is 135 cm³/mol. The van der Waals surface area contributed by atoms with Gasteiger partial charge in [0.1, 0.15) is 0 Å². The molecule has 0 amide bonds. The normalized spacial score (nSPS) is 15.7. The first kappa shape index (κ1) is 29.6. The Morgan fingerprint density at radius 1 is 0.586 bits per heavy atom. The van der Waals surface area contributed by atoms with Crippen LogP contribution in [-0.2, 0) is 8.88 Å². The van der Waals surface area contributed by atoms with Crippen LogP contribution in [0.2, 0.25) is 0 Å². The van der Waals surface area contributed by atoms with E-state index in [1.807, 2.05) is 0 Å². The second-order valence-electron chi connectivity index (χ2n) is 9.38. The van der Waals surface area contributed by atoms with Gasteiger partial charge in [0.15, 0.2) is 0 Å². The van der Waals surface area contributed by atoms with Crippen LogP contribution in [-0.4, -0.2) is 35.7 Å². The third-order valence-corrected chi connectivity index (χ3v) is 16.0. The Bertz CT molecular complexity index is 396. The fourth-order valence-electron chi connectivity index (χ4n) is 4.56. The van der Waals surface area contributed by atoms with Crippen LogP contribution >= 0.6 is 14.4 Å². The van der Waals surface area contributed by atoms with Crippen molar-refractivity contribution in [2.75, 3.05) is 30.8 Å². The molecule has 178 valence electrons. The average Bonchev–Trinajstić information content (AvgIpc) is 2.70. The molecule has 29 heavy (non-hydrogen) atoms. The van der Waals surface area contributed by atoms with Crippen LogP contribution < -0.4 is 0 Å². The molecule has 1 unspecified atom stereocenters. The number of rotatable bonds is 21. The predicted octanol–water partition coefficient (Wildman–Crippen LogP) is 9.22. The molecule has 0 saturated heterocycles. The zero-order chi connectivity index (χ0) is 22.1. The standard InChI is InChI=1S/C24H54O3P2/c1-6-11-16-17-18-19-20-28(25,26)27-29(21-12-7-2,22-13-8-3,23-14-9-4)24-15-10-5/h6-24H2,1-5H3,(H,25,26). The van der Waals surface area contributed by atoms with E-state index in [1.54, 1.807) is 0 Å². The molecule has 1 N–H and O–H groups in total. The van der Waals surface area contributed by atoms with Crippen LogP contribution in [0, 0.1) is 0 Å². The number of hydrogen-bond donors (Lipinski definition) is 1. The summed E-state index contributed by atoms with van der Waals surface area (Å²) in [4.78, 5) is 11.0. The van der Waals surface area contributed by atoms with Crippen molar-refractivity contribution in [1.82, 2.24) is 0 Å². The van der Waals surface area contributed by atoms with Gasteiger partial charge in [0.2, 0.25) is 0 Å². The first-order valence-corrected chi connectivity index (χ1v) is 17.5. The van der Waals surface area contributed by atoms with Gasteiger partial charge in [-0.1, -0.05) is 0 Å². The summed E-state index contributed by atoms with van der Waals surface area (Å²) in [6.07, 6.45) is 20.5. The number of unbranched alkanes of at least 4 members (excludes halogenated alkanes) is 9. The molecule has 0 bridgehead atoms. The molecular formula is C24H54O3P2. The first-order valence-electron chi connectivity index (χ1n) is 12.9. The molecule has 0 saturated carbocycles. The Labute approximate surface area is 183 Å². The van der Waals surface area contributed by atoms with Gasteiger partial charge in [-0.3, -0.25) is 0 Å². The molecular weight excluding hydrogens is 398 g/mol. The maximum atomic E-state index is 13.3. The molecule has 0 fully saturated rings. The minimum atomic E-state index is -3.54. The van der Waals surface area contributed by atoms with E-state index in [9.17, 15) is 9.46 Å². The topological polar surface area (TPSA) is 46.5 Å². The summed E-state index contributed by atoms with van der Waals surface area (Å²) in [5, 5.41) is 0. The Morgan fingerprint density at radius 2 is 0.931 bits per heavy atom. The van der Waals surface area contributed by atoms with Gasteiger partial charge in [-0.15, -0.1) is 0 Å². The van der Waals surface area contributed by atoms with Crippen molar-refractivity contribution in [3.8, 4) is 0 Å². The third-order valence-electron chi connectivity index (χ3n) is 6.46. The Kier molecular flexibility index (Phi) is 16.6. The second-order valence-corrected chi connectivity index (χ2v) is 17.3. The minimum absolute atomic E-state index is 0.355. The molecule has 5 heteroatoms. The molecule has 0 aliphatic heterocycles. The molecule has 0 aliphatic carbocycles. The van der Waals surface area contributed by atoms with Gasteiger partial charge >= 0.3 is 184 Å². The molecule has 0 heterocycles. The van der Waals surface area contributed by atoms with Crippen molar-refractivity contribution >= 4 is 14.4 Å². The van der Waals surface area contributed by atoms with Gasteiger partial charge in [0.05, 0.1) is 0 Å². The van der Waals surface area contributed by atoms with Crippen molar-refractivity contribution < 1.29 is 13.8 Å². The summed E-state index contributed by atoms with van der Waals surface area (Å²) >= 11 is 0. The van der Waals surface area contributed by atoms with Crippen LogP contribution in [0.1, 0.15) is 125 Å². The summed E-state index contributed by atoms with van der Waals surface area (Å²) < 4.78 is 20.0. The molecule has 0 spiro atoms. The number of hydrogen-bond acceptors (Lipinski definition) is 2. The van der Waals surface area contributed by atoms with E-state index in [0.717, 1.165) is 88.9 Å². The summed E-state index contributed by atoms with van der Waals surface area (Å²) in [6, 6.07) is 0. The van der Waals surface area contributed by atoms with E-state index in [0.29, 0.717) is 6.16 Å². The summed E-state index contributed by atoms with van der Waals surface area (Å²) in [5.41, 5.74) is 0. The monoisotopic (exact) mass is 452 g/mol. The molecule has 1 atom stereocenters. The van der Waals surface area contributed by atoms with Crippen molar-refractivity contribution in [1.29, 1.82) is 0 Å². The fraction of sp³-hybridized carbons (Fsp3) is 1.00.